The van der Waals surface area contributed by atoms with Gasteiger partial charge in [0.2, 0.25) is 11.8 Å². The zero-order chi connectivity index (χ0) is 27.0. The molecule has 0 heterocycles. The van der Waals surface area contributed by atoms with E-state index in [1.165, 1.54) is 24.1 Å². The van der Waals surface area contributed by atoms with Gasteiger partial charge in [0.05, 0.1) is 17.7 Å². The van der Waals surface area contributed by atoms with Crippen molar-refractivity contribution in [3.8, 4) is 5.75 Å². The highest BCUT2D eigenvalue weighted by molar-refractivity contribution is 7.92. The monoisotopic (exact) mass is 523 g/mol. The number of hydrogen-bond donors (Lipinski definition) is 1. The number of benzene rings is 3. The van der Waals surface area contributed by atoms with E-state index in [2.05, 4.69) is 5.32 Å². The lowest BCUT2D eigenvalue weighted by Crippen LogP contribution is -2.51. The molecule has 196 valence electrons. The Kier molecular flexibility index (Phi) is 9.30. The van der Waals surface area contributed by atoms with Gasteiger partial charge in [0, 0.05) is 19.2 Å². The van der Waals surface area contributed by atoms with E-state index < -0.39 is 28.5 Å². The number of nitrogens with zero attached hydrogens (tertiary/aromatic N) is 2. The first-order chi connectivity index (χ1) is 17.7. The molecule has 37 heavy (non-hydrogen) atoms. The highest BCUT2D eigenvalue weighted by Crippen LogP contribution is 2.27. The number of methoxy groups -OCH3 is 1. The standard InChI is InChI=1S/C28H33N3O5S/c1-5-29-28(33)22(3)30(19-23-12-9-11-21(2)17-23)27(32)20-31(24-13-10-14-25(18-24)36-4)37(34,35)26-15-7-6-8-16-26/h6-18,22H,5,19-20H2,1-4H3,(H,29,33)/t22-/m1/s1. The van der Waals surface area contributed by atoms with Crippen LogP contribution < -0.4 is 14.4 Å². The first kappa shape index (κ1) is 27.7. The topological polar surface area (TPSA) is 96.0 Å². The lowest BCUT2D eigenvalue weighted by Gasteiger charge is -2.32. The highest BCUT2D eigenvalue weighted by atomic mass is 32.2. The van der Waals surface area contributed by atoms with Gasteiger partial charge in [-0.25, -0.2) is 8.42 Å². The fourth-order valence-electron chi connectivity index (χ4n) is 3.93. The van der Waals surface area contributed by atoms with E-state index in [0.717, 1.165) is 15.4 Å². The Labute approximate surface area is 218 Å². The summed E-state index contributed by atoms with van der Waals surface area (Å²) in [6.45, 7) is 5.44. The summed E-state index contributed by atoms with van der Waals surface area (Å²) in [6.07, 6.45) is 0. The van der Waals surface area contributed by atoms with Crippen molar-refractivity contribution >= 4 is 27.5 Å². The Balaban J connectivity index is 2.04. The zero-order valence-corrected chi connectivity index (χ0v) is 22.4. The fourth-order valence-corrected chi connectivity index (χ4v) is 5.35. The van der Waals surface area contributed by atoms with Crippen molar-refractivity contribution in [2.75, 3.05) is 24.5 Å². The summed E-state index contributed by atoms with van der Waals surface area (Å²) in [7, 11) is -2.63. The molecule has 1 N–H and O–H groups in total. The third-order valence-corrected chi connectivity index (χ3v) is 7.69. The summed E-state index contributed by atoms with van der Waals surface area (Å²) < 4.78 is 33.8. The van der Waals surface area contributed by atoms with Gasteiger partial charge in [0.1, 0.15) is 18.3 Å². The Hall–Kier alpha value is -3.85. The Morgan fingerprint density at radius 3 is 2.32 bits per heavy atom. The van der Waals surface area contributed by atoms with E-state index in [-0.39, 0.29) is 23.0 Å². The summed E-state index contributed by atoms with van der Waals surface area (Å²) in [5, 5.41) is 2.75. The van der Waals surface area contributed by atoms with Crippen molar-refractivity contribution in [1.29, 1.82) is 0 Å². The molecule has 0 bridgehead atoms. The first-order valence-electron chi connectivity index (χ1n) is 12.0. The molecule has 0 fully saturated rings. The molecule has 0 aliphatic rings. The number of ether oxygens (including phenoxy) is 1. The number of amides is 2. The summed E-state index contributed by atoms with van der Waals surface area (Å²) in [4.78, 5) is 28.0. The number of carbonyl (C=O) groups excluding carboxylic acids is 2. The molecule has 0 aliphatic heterocycles. The molecular formula is C28H33N3O5S. The van der Waals surface area contributed by atoms with E-state index >= 15 is 0 Å². The van der Waals surface area contributed by atoms with Gasteiger partial charge < -0.3 is 15.0 Å². The SMILES string of the molecule is CCNC(=O)[C@@H](C)N(Cc1cccc(C)c1)C(=O)CN(c1cccc(OC)c1)S(=O)(=O)c1ccccc1. The van der Waals surface area contributed by atoms with Crippen molar-refractivity contribution in [1.82, 2.24) is 10.2 Å². The Morgan fingerprint density at radius 2 is 1.68 bits per heavy atom. The highest BCUT2D eigenvalue weighted by Gasteiger charge is 2.32. The zero-order valence-electron chi connectivity index (χ0n) is 21.5. The molecule has 8 nitrogen and oxygen atoms in total. The smallest absolute Gasteiger partial charge is 0.264 e. The predicted octanol–water partition coefficient (Wildman–Crippen LogP) is 3.75. The third-order valence-electron chi connectivity index (χ3n) is 5.91. The molecule has 1 atom stereocenters. The van der Waals surface area contributed by atoms with Gasteiger partial charge in [-0.15, -0.1) is 0 Å². The van der Waals surface area contributed by atoms with E-state index in [9.17, 15) is 18.0 Å². The Morgan fingerprint density at radius 1 is 0.973 bits per heavy atom. The van der Waals surface area contributed by atoms with E-state index in [1.54, 1.807) is 56.3 Å². The average molecular weight is 524 g/mol. The van der Waals surface area contributed by atoms with Crippen molar-refractivity contribution in [2.45, 2.75) is 38.3 Å². The number of aryl methyl sites for hydroxylation is 1. The summed E-state index contributed by atoms with van der Waals surface area (Å²) >= 11 is 0. The van der Waals surface area contributed by atoms with Crippen LogP contribution in [0.2, 0.25) is 0 Å². The third kappa shape index (κ3) is 6.89. The quantitative estimate of drug-likeness (QED) is 0.413. The van der Waals surface area contributed by atoms with Gasteiger partial charge in [0.15, 0.2) is 0 Å². The molecule has 0 saturated heterocycles. The van der Waals surface area contributed by atoms with Crippen molar-refractivity contribution < 1.29 is 22.7 Å². The second-order valence-corrected chi connectivity index (χ2v) is 10.5. The number of anilines is 1. The van der Waals surface area contributed by atoms with Crippen LogP contribution >= 0.6 is 0 Å². The molecule has 0 spiro atoms. The minimum atomic E-state index is -4.11. The Bertz CT molecular complexity index is 1330. The van der Waals surface area contributed by atoms with Crippen LogP contribution in [-0.2, 0) is 26.2 Å². The molecule has 3 aromatic carbocycles. The van der Waals surface area contributed by atoms with Gasteiger partial charge in [-0.2, -0.15) is 0 Å². The predicted molar refractivity (Wildman–Crippen MR) is 144 cm³/mol. The van der Waals surface area contributed by atoms with Crippen LogP contribution in [0, 0.1) is 6.92 Å². The van der Waals surface area contributed by atoms with Crippen LogP contribution in [0.15, 0.2) is 83.8 Å². The molecule has 0 aliphatic carbocycles. The van der Waals surface area contributed by atoms with Crippen LogP contribution in [0.5, 0.6) is 5.75 Å². The molecular weight excluding hydrogens is 490 g/mol. The number of hydrogen-bond acceptors (Lipinski definition) is 5. The second-order valence-electron chi connectivity index (χ2n) is 8.61. The van der Waals surface area contributed by atoms with Gasteiger partial charge in [-0.1, -0.05) is 54.1 Å². The fraction of sp³-hybridized carbons (Fsp3) is 0.286. The van der Waals surface area contributed by atoms with E-state index in [4.69, 9.17) is 4.74 Å². The van der Waals surface area contributed by atoms with Crippen LogP contribution in [0.3, 0.4) is 0 Å². The number of carbonyl (C=O) groups is 2. The summed E-state index contributed by atoms with van der Waals surface area (Å²) in [6, 6.07) is 21.3. The average Bonchev–Trinajstić information content (AvgIpc) is 2.90. The van der Waals surface area contributed by atoms with Crippen LogP contribution in [-0.4, -0.2) is 51.4 Å². The molecule has 0 saturated carbocycles. The summed E-state index contributed by atoms with van der Waals surface area (Å²) in [5.74, 6) is -0.379. The second kappa shape index (κ2) is 12.4. The minimum Gasteiger partial charge on any atom is -0.497 e. The van der Waals surface area contributed by atoms with Gasteiger partial charge in [-0.05, 0) is 50.6 Å². The maximum Gasteiger partial charge on any atom is 0.264 e. The summed E-state index contributed by atoms with van der Waals surface area (Å²) in [5.41, 5.74) is 2.13. The number of rotatable bonds is 11. The maximum absolute atomic E-state index is 13.8. The first-order valence-corrected chi connectivity index (χ1v) is 13.5. The van der Waals surface area contributed by atoms with E-state index in [1.807, 2.05) is 31.2 Å². The van der Waals surface area contributed by atoms with Gasteiger partial charge in [0.25, 0.3) is 10.0 Å². The van der Waals surface area contributed by atoms with Gasteiger partial charge in [-0.3, -0.25) is 13.9 Å². The minimum absolute atomic E-state index is 0.0487. The van der Waals surface area contributed by atoms with Crippen LogP contribution in [0.1, 0.15) is 25.0 Å². The molecule has 3 aromatic rings. The molecule has 0 aromatic heterocycles. The van der Waals surface area contributed by atoms with Crippen molar-refractivity contribution in [3.05, 3.63) is 90.0 Å². The van der Waals surface area contributed by atoms with Crippen molar-refractivity contribution in [2.24, 2.45) is 0 Å². The number of sulfonamides is 1. The normalized spacial score (nSPS) is 11.9. The molecule has 9 heteroatoms. The molecule has 2 amide bonds. The number of nitrogens with one attached hydrogen (secondary N) is 1. The van der Waals surface area contributed by atoms with E-state index in [0.29, 0.717) is 12.3 Å². The number of likely N-dealkylation sites (N-methyl/N-ethyl adjacent to an activating group) is 1. The van der Waals surface area contributed by atoms with Crippen LogP contribution in [0.25, 0.3) is 0 Å². The molecule has 0 radical (unpaired) electrons. The van der Waals surface area contributed by atoms with Crippen molar-refractivity contribution in [3.63, 3.8) is 0 Å². The lowest BCUT2D eigenvalue weighted by atomic mass is 10.1. The van der Waals surface area contributed by atoms with Crippen LogP contribution in [0.4, 0.5) is 5.69 Å². The van der Waals surface area contributed by atoms with Gasteiger partial charge >= 0.3 is 0 Å². The largest absolute Gasteiger partial charge is 0.497 e. The lowest BCUT2D eigenvalue weighted by molar-refractivity contribution is -0.139. The molecule has 3 rings (SSSR count). The maximum atomic E-state index is 13.8. The molecule has 0 unspecified atom stereocenters.